The predicted octanol–water partition coefficient (Wildman–Crippen LogP) is 2.75. The highest BCUT2D eigenvalue weighted by atomic mass is 19.4. The number of hydrogen-bond acceptors (Lipinski definition) is 4. The molecule has 0 aromatic carbocycles. The largest absolute Gasteiger partial charge is 0.490 e. The first-order valence-corrected chi connectivity index (χ1v) is 9.04. The molecule has 1 aromatic rings. The van der Waals surface area contributed by atoms with Crippen LogP contribution in [0.2, 0.25) is 0 Å². The average molecular weight is 388 g/mol. The lowest BCUT2D eigenvalue weighted by Gasteiger charge is -2.52. The van der Waals surface area contributed by atoms with E-state index in [0.29, 0.717) is 5.91 Å². The van der Waals surface area contributed by atoms with Gasteiger partial charge in [0.25, 0.3) is 0 Å². The van der Waals surface area contributed by atoms with Crippen LogP contribution in [0.15, 0.2) is 22.8 Å². The lowest BCUT2D eigenvalue weighted by molar-refractivity contribution is -0.192. The number of alkyl halides is 3. The summed E-state index contributed by atoms with van der Waals surface area (Å²) in [6.07, 6.45) is 1.34. The van der Waals surface area contributed by atoms with Crippen LogP contribution in [0.1, 0.15) is 31.4 Å². The molecule has 9 heteroatoms. The Balaban J connectivity index is 0.000000260. The number of rotatable bonds is 4. The van der Waals surface area contributed by atoms with E-state index in [1.807, 2.05) is 12.1 Å². The first kappa shape index (κ1) is 19.7. The van der Waals surface area contributed by atoms with Crippen molar-refractivity contribution in [2.75, 3.05) is 26.2 Å². The molecule has 1 spiro atoms. The third-order valence-electron chi connectivity index (χ3n) is 5.43. The number of nitrogens with zero attached hydrogens (tertiary/aromatic N) is 2. The molecule has 2 aliphatic heterocycles. The number of likely N-dealkylation sites (tertiary alicyclic amines) is 2. The highest BCUT2D eigenvalue weighted by Crippen LogP contribution is 2.44. The van der Waals surface area contributed by atoms with Gasteiger partial charge in [0.15, 0.2) is 0 Å². The van der Waals surface area contributed by atoms with E-state index >= 15 is 0 Å². The summed E-state index contributed by atoms with van der Waals surface area (Å²) in [5, 5.41) is 7.12. The van der Waals surface area contributed by atoms with E-state index in [9.17, 15) is 18.0 Å². The molecular formula is C18H23F3N2O4. The molecule has 3 aliphatic rings. The zero-order chi connectivity index (χ0) is 19.7. The third kappa shape index (κ3) is 4.82. The number of amides is 1. The number of carboxylic acids is 1. The van der Waals surface area contributed by atoms with Crippen molar-refractivity contribution in [3.8, 4) is 0 Å². The molecule has 27 heavy (non-hydrogen) atoms. The molecule has 1 amide bonds. The molecule has 6 nitrogen and oxygen atoms in total. The zero-order valence-corrected chi connectivity index (χ0v) is 14.9. The van der Waals surface area contributed by atoms with E-state index in [2.05, 4.69) is 9.80 Å². The Morgan fingerprint density at radius 3 is 2.37 bits per heavy atom. The Morgan fingerprint density at radius 2 is 1.93 bits per heavy atom. The minimum Gasteiger partial charge on any atom is -0.475 e. The van der Waals surface area contributed by atoms with Crippen molar-refractivity contribution in [3.05, 3.63) is 24.2 Å². The fraction of sp³-hybridized carbons (Fsp3) is 0.667. The molecule has 0 unspecified atom stereocenters. The first-order valence-electron chi connectivity index (χ1n) is 9.04. The first-order chi connectivity index (χ1) is 12.7. The molecule has 0 atom stereocenters. The van der Waals surface area contributed by atoms with E-state index in [1.54, 1.807) is 6.26 Å². The summed E-state index contributed by atoms with van der Waals surface area (Å²) in [5.74, 6) is -0.485. The summed E-state index contributed by atoms with van der Waals surface area (Å²) in [4.78, 5) is 25.8. The van der Waals surface area contributed by atoms with Crippen LogP contribution in [0, 0.1) is 11.3 Å². The maximum atomic E-state index is 12.4. The minimum absolute atomic E-state index is 0.00540. The molecule has 3 heterocycles. The molecule has 3 fully saturated rings. The smallest absolute Gasteiger partial charge is 0.475 e. The molecule has 0 radical (unpaired) electrons. The Bertz CT molecular complexity index is 663. The number of hydrogen-bond donors (Lipinski definition) is 1. The van der Waals surface area contributed by atoms with Crippen LogP contribution in [-0.2, 0) is 16.1 Å². The second kappa shape index (κ2) is 7.53. The number of carboxylic acid groups (broad SMARTS) is 1. The third-order valence-corrected chi connectivity index (χ3v) is 5.43. The summed E-state index contributed by atoms with van der Waals surface area (Å²) in [7, 11) is 0. The lowest BCUT2D eigenvalue weighted by Crippen LogP contribution is -2.64. The van der Waals surface area contributed by atoms with E-state index in [4.69, 9.17) is 14.3 Å². The van der Waals surface area contributed by atoms with Gasteiger partial charge in [-0.15, -0.1) is 0 Å². The highest BCUT2D eigenvalue weighted by molar-refractivity contribution is 5.89. The minimum atomic E-state index is -5.08. The van der Waals surface area contributed by atoms with E-state index in [-0.39, 0.29) is 5.41 Å². The molecule has 1 aliphatic carbocycles. The molecule has 1 N–H and O–H groups in total. The highest BCUT2D eigenvalue weighted by Gasteiger charge is 2.53. The second-order valence-corrected chi connectivity index (χ2v) is 7.57. The van der Waals surface area contributed by atoms with Crippen molar-refractivity contribution in [3.63, 3.8) is 0 Å². The number of aliphatic carboxylic acids is 1. The van der Waals surface area contributed by atoms with Gasteiger partial charge in [-0.3, -0.25) is 9.69 Å². The standard InChI is InChI=1S/C16H22N2O2.C2HF3O2/c19-15-16(12-18(15)10-13-3-4-13)5-7-17(8-6-16)11-14-2-1-9-20-14;3-2(4,5)1(6)7/h1-2,9,13H,3-8,10-12H2;(H,6,7). The van der Waals surface area contributed by atoms with Gasteiger partial charge in [-0.1, -0.05) is 0 Å². The van der Waals surface area contributed by atoms with Crippen molar-refractivity contribution in [1.82, 2.24) is 9.80 Å². The SMILES string of the molecule is O=C(O)C(F)(F)F.O=C1N(CC2CC2)CC12CCN(Cc1ccco1)CC2. The monoisotopic (exact) mass is 388 g/mol. The molecule has 1 aromatic heterocycles. The summed E-state index contributed by atoms with van der Waals surface area (Å²) in [6, 6.07) is 3.96. The van der Waals surface area contributed by atoms with Crippen LogP contribution in [-0.4, -0.2) is 59.1 Å². The number of carbonyl (C=O) groups is 2. The van der Waals surface area contributed by atoms with Gasteiger partial charge in [0, 0.05) is 13.1 Å². The van der Waals surface area contributed by atoms with Crippen LogP contribution in [0.3, 0.4) is 0 Å². The van der Waals surface area contributed by atoms with E-state index in [0.717, 1.165) is 57.2 Å². The summed E-state index contributed by atoms with van der Waals surface area (Å²) >= 11 is 0. The van der Waals surface area contributed by atoms with Gasteiger partial charge in [-0.25, -0.2) is 4.79 Å². The Hall–Kier alpha value is -2.03. The molecular weight excluding hydrogens is 365 g/mol. The maximum absolute atomic E-state index is 12.4. The zero-order valence-electron chi connectivity index (χ0n) is 14.9. The van der Waals surface area contributed by atoms with Gasteiger partial charge < -0.3 is 14.4 Å². The molecule has 1 saturated carbocycles. The normalized spacial score (nSPS) is 22.2. The molecule has 0 bridgehead atoms. The summed E-state index contributed by atoms with van der Waals surface area (Å²) in [5.41, 5.74) is -0.00540. The van der Waals surface area contributed by atoms with Gasteiger partial charge in [0.2, 0.25) is 5.91 Å². The average Bonchev–Trinajstić information content (AvgIpc) is 3.29. The van der Waals surface area contributed by atoms with E-state index in [1.165, 1.54) is 12.8 Å². The van der Waals surface area contributed by atoms with Crippen molar-refractivity contribution in [1.29, 1.82) is 0 Å². The van der Waals surface area contributed by atoms with Crippen molar-refractivity contribution < 1.29 is 32.3 Å². The fourth-order valence-electron chi connectivity index (χ4n) is 3.64. The number of piperidine rings is 1. The van der Waals surface area contributed by atoms with Crippen LogP contribution < -0.4 is 0 Å². The number of carbonyl (C=O) groups excluding carboxylic acids is 1. The predicted molar refractivity (Wildman–Crippen MR) is 88.6 cm³/mol. The Kier molecular flexibility index (Phi) is 5.50. The topological polar surface area (TPSA) is 74.0 Å². The Labute approximate surface area is 154 Å². The van der Waals surface area contributed by atoms with Crippen LogP contribution in [0.25, 0.3) is 0 Å². The number of β-lactam (4-membered cyclic amide) rings is 1. The molecule has 4 rings (SSSR count). The summed E-state index contributed by atoms with van der Waals surface area (Å²) < 4.78 is 37.1. The van der Waals surface area contributed by atoms with Gasteiger partial charge in [0.05, 0.1) is 18.2 Å². The molecule has 2 saturated heterocycles. The number of furan rings is 1. The number of halogens is 3. The summed E-state index contributed by atoms with van der Waals surface area (Å²) in [6.45, 7) is 4.95. The van der Waals surface area contributed by atoms with Gasteiger partial charge in [-0.05, 0) is 56.8 Å². The van der Waals surface area contributed by atoms with Crippen LogP contribution in [0.4, 0.5) is 13.2 Å². The fourth-order valence-corrected chi connectivity index (χ4v) is 3.64. The maximum Gasteiger partial charge on any atom is 0.490 e. The van der Waals surface area contributed by atoms with Crippen molar-refractivity contribution in [2.45, 2.75) is 38.4 Å². The van der Waals surface area contributed by atoms with Crippen molar-refractivity contribution in [2.24, 2.45) is 11.3 Å². The Morgan fingerprint density at radius 1 is 1.30 bits per heavy atom. The van der Waals surface area contributed by atoms with Gasteiger partial charge in [0.1, 0.15) is 5.76 Å². The second-order valence-electron chi connectivity index (χ2n) is 7.57. The van der Waals surface area contributed by atoms with Crippen molar-refractivity contribution >= 4 is 11.9 Å². The lowest BCUT2D eigenvalue weighted by atomic mass is 9.71. The van der Waals surface area contributed by atoms with Gasteiger partial charge >= 0.3 is 12.1 Å². The molecule has 150 valence electrons. The van der Waals surface area contributed by atoms with Gasteiger partial charge in [-0.2, -0.15) is 13.2 Å². The quantitative estimate of drug-likeness (QED) is 0.803. The van der Waals surface area contributed by atoms with Crippen LogP contribution in [0.5, 0.6) is 0 Å². The van der Waals surface area contributed by atoms with E-state index < -0.39 is 12.1 Å². The van der Waals surface area contributed by atoms with Crippen LogP contribution >= 0.6 is 0 Å².